The number of carboxylic acids is 2. The van der Waals surface area contributed by atoms with Gasteiger partial charge in [0.25, 0.3) is 0 Å². The van der Waals surface area contributed by atoms with Crippen molar-refractivity contribution in [2.75, 3.05) is 0 Å². The van der Waals surface area contributed by atoms with Gasteiger partial charge in [0.05, 0.1) is 16.6 Å². The summed E-state index contributed by atoms with van der Waals surface area (Å²) in [6.07, 6.45) is 10.6. The molecule has 4 aliphatic rings. The SMILES string of the molecule is O=C(O)C1=CC=C2C(=Cc3ccccc32)C12C(C(=O)O)=CC=C1C2=Cc2ccccc21. The first-order valence-corrected chi connectivity index (χ1v) is 9.99. The third-order valence-corrected chi connectivity index (χ3v) is 6.59. The number of allylic oxidation sites excluding steroid dienone is 8. The number of hydrogen-bond acceptors (Lipinski definition) is 2. The zero-order chi connectivity index (χ0) is 21.3. The molecule has 4 aliphatic carbocycles. The largest absolute Gasteiger partial charge is 0.478 e. The van der Waals surface area contributed by atoms with Gasteiger partial charge in [0.15, 0.2) is 0 Å². The standard InChI is InChI=1S/C27H16O4/c28-25(29)21-11-9-19-17-7-3-1-5-15(17)13-23(19)27(21)22(26(30)31)12-10-20-18-8-4-2-6-16(18)14-24(20)27/h1-14H,(H,28,29)(H,30,31). The molecule has 1 spiro atoms. The Morgan fingerprint density at radius 3 is 1.45 bits per heavy atom. The molecular formula is C27H16O4. The van der Waals surface area contributed by atoms with Crippen LogP contribution >= 0.6 is 0 Å². The summed E-state index contributed by atoms with van der Waals surface area (Å²) in [6.45, 7) is 0. The third kappa shape index (κ3) is 2.09. The first-order valence-electron chi connectivity index (χ1n) is 9.99. The van der Waals surface area contributed by atoms with Gasteiger partial charge in [0, 0.05) is 0 Å². The van der Waals surface area contributed by atoms with E-state index in [0.717, 1.165) is 33.4 Å². The first kappa shape index (κ1) is 17.7. The fourth-order valence-corrected chi connectivity index (χ4v) is 5.39. The molecule has 0 heterocycles. The lowest BCUT2D eigenvalue weighted by Gasteiger charge is -2.42. The molecule has 6 rings (SSSR count). The molecule has 0 atom stereocenters. The lowest BCUT2D eigenvalue weighted by atomic mass is 9.57. The molecule has 148 valence electrons. The van der Waals surface area contributed by atoms with Gasteiger partial charge in [-0.2, -0.15) is 0 Å². The van der Waals surface area contributed by atoms with E-state index in [-0.39, 0.29) is 11.1 Å². The minimum Gasteiger partial charge on any atom is -0.478 e. The molecule has 0 unspecified atom stereocenters. The topological polar surface area (TPSA) is 74.6 Å². The Morgan fingerprint density at radius 2 is 1.03 bits per heavy atom. The minimum absolute atomic E-state index is 0.0496. The van der Waals surface area contributed by atoms with Crippen molar-refractivity contribution in [3.63, 3.8) is 0 Å². The number of carbonyl (C=O) groups is 2. The Hall–Kier alpha value is -4.18. The Bertz CT molecular complexity index is 1310. The van der Waals surface area contributed by atoms with Crippen LogP contribution < -0.4 is 0 Å². The lowest BCUT2D eigenvalue weighted by molar-refractivity contribution is -0.134. The van der Waals surface area contributed by atoms with E-state index in [1.807, 2.05) is 60.7 Å². The maximum atomic E-state index is 12.5. The van der Waals surface area contributed by atoms with Crippen molar-refractivity contribution in [1.82, 2.24) is 0 Å². The summed E-state index contributed by atoms with van der Waals surface area (Å²) in [5, 5.41) is 20.5. The van der Waals surface area contributed by atoms with Crippen molar-refractivity contribution >= 4 is 35.2 Å². The van der Waals surface area contributed by atoms with Crippen LogP contribution in [0.3, 0.4) is 0 Å². The Morgan fingerprint density at radius 1 is 0.613 bits per heavy atom. The van der Waals surface area contributed by atoms with Crippen LogP contribution in [0.15, 0.2) is 95.1 Å². The molecular weight excluding hydrogens is 388 g/mol. The summed E-state index contributed by atoms with van der Waals surface area (Å²) in [6, 6.07) is 15.6. The lowest BCUT2D eigenvalue weighted by Crippen LogP contribution is -2.39. The molecule has 31 heavy (non-hydrogen) atoms. The van der Waals surface area contributed by atoms with Crippen molar-refractivity contribution in [3.05, 3.63) is 117 Å². The van der Waals surface area contributed by atoms with Gasteiger partial charge in [0.2, 0.25) is 0 Å². The molecule has 0 amide bonds. The van der Waals surface area contributed by atoms with Crippen LogP contribution in [0.25, 0.3) is 23.3 Å². The minimum atomic E-state index is -1.40. The van der Waals surface area contributed by atoms with Crippen LogP contribution in [0.4, 0.5) is 0 Å². The number of carboxylic acid groups (broad SMARTS) is 2. The molecule has 0 aromatic heterocycles. The highest BCUT2D eigenvalue weighted by molar-refractivity contribution is 6.14. The van der Waals surface area contributed by atoms with Gasteiger partial charge in [-0.05, 0) is 68.9 Å². The molecule has 0 saturated carbocycles. The van der Waals surface area contributed by atoms with E-state index in [1.165, 1.54) is 0 Å². The van der Waals surface area contributed by atoms with Crippen molar-refractivity contribution < 1.29 is 19.8 Å². The summed E-state index contributed by atoms with van der Waals surface area (Å²) in [4.78, 5) is 25.1. The average Bonchev–Trinajstić information content (AvgIpc) is 3.33. The van der Waals surface area contributed by atoms with Gasteiger partial charge in [-0.25, -0.2) is 9.59 Å². The highest BCUT2D eigenvalue weighted by atomic mass is 16.4. The fourth-order valence-electron chi connectivity index (χ4n) is 5.39. The van der Waals surface area contributed by atoms with Crippen LogP contribution in [0.2, 0.25) is 0 Å². The molecule has 4 heteroatoms. The molecule has 2 aromatic rings. The summed E-state index contributed by atoms with van der Waals surface area (Å²) in [5.41, 5.74) is 5.71. The molecule has 2 aromatic carbocycles. The smallest absolute Gasteiger partial charge is 0.333 e. The highest BCUT2D eigenvalue weighted by Gasteiger charge is 2.56. The molecule has 4 nitrogen and oxygen atoms in total. The zero-order valence-corrected chi connectivity index (χ0v) is 16.3. The predicted molar refractivity (Wildman–Crippen MR) is 119 cm³/mol. The highest BCUT2D eigenvalue weighted by Crippen LogP contribution is 2.64. The van der Waals surface area contributed by atoms with Gasteiger partial charge in [-0.3, -0.25) is 0 Å². The number of hydrogen-bond donors (Lipinski definition) is 2. The Labute approximate surface area is 178 Å². The summed E-state index contributed by atoms with van der Waals surface area (Å²) < 4.78 is 0. The van der Waals surface area contributed by atoms with E-state index in [0.29, 0.717) is 11.1 Å². The second kappa shape index (κ2) is 5.92. The van der Waals surface area contributed by atoms with Crippen molar-refractivity contribution in [2.24, 2.45) is 5.41 Å². The van der Waals surface area contributed by atoms with Gasteiger partial charge >= 0.3 is 11.9 Å². The molecule has 0 saturated heterocycles. The Kier molecular flexibility index (Phi) is 3.37. The summed E-state index contributed by atoms with van der Waals surface area (Å²) in [7, 11) is 0. The average molecular weight is 404 g/mol. The summed E-state index contributed by atoms with van der Waals surface area (Å²) >= 11 is 0. The van der Waals surface area contributed by atoms with Gasteiger partial charge in [0.1, 0.15) is 0 Å². The molecule has 0 aliphatic heterocycles. The quantitative estimate of drug-likeness (QED) is 0.740. The normalized spacial score (nSPS) is 19.0. The molecule has 0 radical (unpaired) electrons. The van der Waals surface area contributed by atoms with Crippen LogP contribution in [0.5, 0.6) is 0 Å². The predicted octanol–water partition coefficient (Wildman–Crippen LogP) is 4.98. The van der Waals surface area contributed by atoms with E-state index in [2.05, 4.69) is 0 Å². The molecule has 0 bridgehead atoms. The third-order valence-electron chi connectivity index (χ3n) is 6.59. The van der Waals surface area contributed by atoms with Crippen LogP contribution in [-0.2, 0) is 9.59 Å². The number of rotatable bonds is 2. The second-order valence-corrected chi connectivity index (χ2v) is 7.97. The fraction of sp³-hybridized carbons (Fsp3) is 0.0370. The number of fused-ring (bicyclic) bond motifs is 8. The first-order chi connectivity index (χ1) is 15.0. The molecule has 2 N–H and O–H groups in total. The maximum Gasteiger partial charge on any atom is 0.333 e. The van der Waals surface area contributed by atoms with E-state index >= 15 is 0 Å². The van der Waals surface area contributed by atoms with Crippen LogP contribution in [0, 0.1) is 5.41 Å². The van der Waals surface area contributed by atoms with Crippen LogP contribution in [0.1, 0.15) is 22.3 Å². The van der Waals surface area contributed by atoms with Crippen LogP contribution in [-0.4, -0.2) is 22.2 Å². The Balaban J connectivity index is 1.73. The van der Waals surface area contributed by atoms with Crippen molar-refractivity contribution in [1.29, 1.82) is 0 Å². The van der Waals surface area contributed by atoms with Gasteiger partial charge < -0.3 is 10.2 Å². The summed E-state index contributed by atoms with van der Waals surface area (Å²) in [5.74, 6) is -2.25. The number of aliphatic carboxylic acids is 2. The van der Waals surface area contributed by atoms with E-state index in [1.54, 1.807) is 24.3 Å². The van der Waals surface area contributed by atoms with Crippen molar-refractivity contribution in [2.45, 2.75) is 0 Å². The zero-order valence-electron chi connectivity index (χ0n) is 16.3. The number of benzene rings is 2. The van der Waals surface area contributed by atoms with Gasteiger partial charge in [-0.1, -0.05) is 60.7 Å². The van der Waals surface area contributed by atoms with Gasteiger partial charge in [-0.15, -0.1) is 0 Å². The van der Waals surface area contributed by atoms with Crippen molar-refractivity contribution in [3.8, 4) is 0 Å². The van der Waals surface area contributed by atoms with E-state index < -0.39 is 17.4 Å². The van der Waals surface area contributed by atoms with E-state index in [4.69, 9.17) is 0 Å². The maximum absolute atomic E-state index is 12.5. The molecule has 0 fully saturated rings. The monoisotopic (exact) mass is 404 g/mol. The van der Waals surface area contributed by atoms with E-state index in [9.17, 15) is 19.8 Å². The second-order valence-electron chi connectivity index (χ2n) is 7.97.